The fraction of sp³-hybridized carbons (Fsp3) is 0.286. The van der Waals surface area contributed by atoms with Gasteiger partial charge in [0.05, 0.1) is 5.69 Å². The molecule has 0 unspecified atom stereocenters. The number of esters is 1. The second-order valence-electron chi connectivity index (χ2n) is 6.89. The third-order valence-corrected chi connectivity index (χ3v) is 5.68. The fourth-order valence-corrected chi connectivity index (χ4v) is 3.94. The number of hydrogen-bond donors (Lipinski definition) is 0. The zero-order chi connectivity index (χ0) is 20.5. The lowest BCUT2D eigenvalue weighted by atomic mass is 10.1. The molecule has 0 N–H and O–H groups in total. The molecule has 29 heavy (non-hydrogen) atoms. The van der Waals surface area contributed by atoms with Gasteiger partial charge in [0, 0.05) is 23.5 Å². The molecule has 0 saturated heterocycles. The largest absolute Gasteiger partial charge is 0.454 e. The summed E-state index contributed by atoms with van der Waals surface area (Å²) >= 11 is 1.07. The highest BCUT2D eigenvalue weighted by Gasteiger charge is 2.20. The van der Waals surface area contributed by atoms with Gasteiger partial charge in [0.1, 0.15) is 4.88 Å². The summed E-state index contributed by atoms with van der Waals surface area (Å²) in [5, 5.41) is 0. The van der Waals surface area contributed by atoms with E-state index in [2.05, 4.69) is 8.94 Å². The Kier molecular flexibility index (Phi) is 5.10. The van der Waals surface area contributed by atoms with Gasteiger partial charge < -0.3 is 18.8 Å². The number of carbonyl (C=O) groups excluding carboxylic acids is 2. The number of ether oxygens (including phenoxy) is 3. The highest BCUT2D eigenvalue weighted by atomic mass is 32.1. The second-order valence-corrected chi connectivity index (χ2v) is 7.70. The van der Waals surface area contributed by atoms with Crippen molar-refractivity contribution >= 4 is 23.3 Å². The lowest BCUT2D eigenvalue weighted by Gasteiger charge is -2.11. The molecule has 1 aromatic carbocycles. The van der Waals surface area contributed by atoms with E-state index in [1.54, 1.807) is 13.0 Å². The summed E-state index contributed by atoms with van der Waals surface area (Å²) in [6.45, 7) is 6.17. The van der Waals surface area contributed by atoms with Crippen molar-refractivity contribution < 1.29 is 23.8 Å². The standard InChI is InChI=1S/C21H20N2O5S/c1-12-6-20(29-22-12)21(25)26-10-17(24)16-7-13(2)23(14(16)3)9-15-4-5-18-19(8-15)28-11-27-18/h4-8H,9-11H2,1-3H3. The Morgan fingerprint density at radius 3 is 2.69 bits per heavy atom. The molecule has 150 valence electrons. The predicted molar refractivity (Wildman–Crippen MR) is 107 cm³/mol. The summed E-state index contributed by atoms with van der Waals surface area (Å²) in [4.78, 5) is 25.1. The third-order valence-electron chi connectivity index (χ3n) is 4.82. The zero-order valence-electron chi connectivity index (χ0n) is 16.4. The first-order valence-corrected chi connectivity index (χ1v) is 9.88. The fourth-order valence-electron chi connectivity index (χ4n) is 3.29. The average Bonchev–Trinajstić information content (AvgIpc) is 3.41. The van der Waals surface area contributed by atoms with Crippen LogP contribution >= 0.6 is 11.5 Å². The Morgan fingerprint density at radius 1 is 1.14 bits per heavy atom. The van der Waals surface area contributed by atoms with Crippen LogP contribution < -0.4 is 9.47 Å². The molecule has 0 aliphatic carbocycles. The van der Waals surface area contributed by atoms with E-state index in [4.69, 9.17) is 14.2 Å². The smallest absolute Gasteiger partial charge is 0.350 e. The molecule has 4 rings (SSSR count). The predicted octanol–water partition coefficient (Wildman–Crippen LogP) is 3.69. The summed E-state index contributed by atoms with van der Waals surface area (Å²) in [6, 6.07) is 9.29. The molecule has 3 heterocycles. The summed E-state index contributed by atoms with van der Waals surface area (Å²) in [5.74, 6) is 0.706. The van der Waals surface area contributed by atoms with E-state index in [0.717, 1.165) is 45.7 Å². The van der Waals surface area contributed by atoms with Gasteiger partial charge in [-0.1, -0.05) is 6.07 Å². The highest BCUT2D eigenvalue weighted by molar-refractivity contribution is 7.08. The van der Waals surface area contributed by atoms with Crippen LogP contribution in [0.4, 0.5) is 0 Å². The number of benzene rings is 1. The van der Waals surface area contributed by atoms with E-state index in [0.29, 0.717) is 17.0 Å². The van der Waals surface area contributed by atoms with Gasteiger partial charge in [0.15, 0.2) is 18.1 Å². The topological polar surface area (TPSA) is 79.7 Å². The number of carbonyl (C=O) groups is 2. The van der Waals surface area contributed by atoms with Gasteiger partial charge in [0.25, 0.3) is 0 Å². The Balaban J connectivity index is 1.46. The summed E-state index contributed by atoms with van der Waals surface area (Å²) in [7, 11) is 0. The maximum absolute atomic E-state index is 12.6. The summed E-state index contributed by atoms with van der Waals surface area (Å²) in [6.07, 6.45) is 0. The number of hydrogen-bond acceptors (Lipinski definition) is 7. The van der Waals surface area contributed by atoms with Crippen LogP contribution in [0.5, 0.6) is 11.5 Å². The first kappa shape index (κ1) is 19.2. The first-order chi connectivity index (χ1) is 13.9. The van der Waals surface area contributed by atoms with Crippen molar-refractivity contribution in [1.29, 1.82) is 0 Å². The minimum Gasteiger partial charge on any atom is -0.454 e. The molecule has 0 bridgehead atoms. The SMILES string of the molecule is Cc1cc(C(=O)OCC(=O)c2cc(C)n(Cc3ccc4c(c3)OCO4)c2C)sn1. The van der Waals surface area contributed by atoms with Crippen molar-refractivity contribution in [2.24, 2.45) is 0 Å². The molecule has 0 amide bonds. The Hall–Kier alpha value is -3.13. The number of aryl methyl sites for hydroxylation is 2. The monoisotopic (exact) mass is 412 g/mol. The van der Waals surface area contributed by atoms with Crippen molar-refractivity contribution in [2.45, 2.75) is 27.3 Å². The maximum Gasteiger partial charge on any atom is 0.350 e. The number of ketones is 1. The lowest BCUT2D eigenvalue weighted by molar-refractivity contribution is 0.0479. The number of fused-ring (bicyclic) bond motifs is 1. The van der Waals surface area contributed by atoms with E-state index < -0.39 is 5.97 Å². The highest BCUT2D eigenvalue weighted by Crippen LogP contribution is 2.33. The Morgan fingerprint density at radius 2 is 1.93 bits per heavy atom. The molecule has 1 aliphatic heterocycles. The third kappa shape index (κ3) is 3.88. The minimum atomic E-state index is -0.530. The van der Waals surface area contributed by atoms with Crippen LogP contribution in [0.15, 0.2) is 30.3 Å². The minimum absolute atomic E-state index is 0.232. The average molecular weight is 412 g/mol. The normalized spacial score (nSPS) is 12.2. The van der Waals surface area contributed by atoms with E-state index >= 15 is 0 Å². The van der Waals surface area contributed by atoms with Crippen LogP contribution in [0.3, 0.4) is 0 Å². The van der Waals surface area contributed by atoms with Crippen molar-refractivity contribution in [2.75, 3.05) is 13.4 Å². The van der Waals surface area contributed by atoms with E-state index in [1.165, 1.54) is 0 Å². The van der Waals surface area contributed by atoms with E-state index in [-0.39, 0.29) is 19.2 Å². The molecule has 2 aromatic heterocycles. The second kappa shape index (κ2) is 7.71. The lowest BCUT2D eigenvalue weighted by Crippen LogP contribution is -2.14. The molecular weight excluding hydrogens is 392 g/mol. The summed E-state index contributed by atoms with van der Waals surface area (Å²) < 4.78 is 22.1. The molecule has 0 spiro atoms. The van der Waals surface area contributed by atoms with Crippen molar-refractivity contribution in [3.63, 3.8) is 0 Å². The van der Waals surface area contributed by atoms with Crippen LogP contribution in [0.2, 0.25) is 0 Å². The molecule has 0 atom stereocenters. The van der Waals surface area contributed by atoms with Gasteiger partial charge in [0.2, 0.25) is 12.6 Å². The van der Waals surface area contributed by atoms with Gasteiger partial charge in [-0.3, -0.25) is 4.79 Å². The van der Waals surface area contributed by atoms with Crippen molar-refractivity contribution in [1.82, 2.24) is 8.94 Å². The van der Waals surface area contributed by atoms with Crippen LogP contribution in [0.25, 0.3) is 0 Å². The molecular formula is C21H20N2O5S. The number of nitrogens with zero attached hydrogens (tertiary/aromatic N) is 2. The number of aromatic nitrogens is 2. The van der Waals surface area contributed by atoms with Gasteiger partial charge in [-0.05, 0) is 62.1 Å². The van der Waals surface area contributed by atoms with Crippen molar-refractivity contribution in [3.8, 4) is 11.5 Å². The molecule has 8 heteroatoms. The van der Waals surface area contributed by atoms with E-state index in [1.807, 2.05) is 38.1 Å². The van der Waals surface area contributed by atoms with Crippen LogP contribution in [-0.2, 0) is 11.3 Å². The molecule has 3 aromatic rings. The van der Waals surface area contributed by atoms with Crippen LogP contribution in [0.1, 0.15) is 42.7 Å². The van der Waals surface area contributed by atoms with Gasteiger partial charge in [-0.15, -0.1) is 0 Å². The van der Waals surface area contributed by atoms with Crippen molar-refractivity contribution in [3.05, 3.63) is 63.4 Å². The molecule has 0 radical (unpaired) electrons. The quantitative estimate of drug-likeness (QED) is 0.454. The number of rotatable bonds is 6. The summed E-state index contributed by atoms with van der Waals surface area (Å²) in [5.41, 5.74) is 4.13. The number of Topliss-reactive ketones (excluding diaryl/α,β-unsaturated/α-hetero) is 1. The van der Waals surface area contributed by atoms with Gasteiger partial charge in [-0.2, -0.15) is 4.37 Å². The molecule has 0 saturated carbocycles. The van der Waals surface area contributed by atoms with Crippen LogP contribution in [0, 0.1) is 20.8 Å². The van der Waals surface area contributed by atoms with Gasteiger partial charge >= 0.3 is 5.97 Å². The Bertz CT molecular complexity index is 1100. The molecule has 0 fully saturated rings. The maximum atomic E-state index is 12.6. The Labute approximate surface area is 172 Å². The molecule has 1 aliphatic rings. The van der Waals surface area contributed by atoms with Crippen LogP contribution in [-0.4, -0.2) is 34.1 Å². The zero-order valence-corrected chi connectivity index (χ0v) is 17.2. The van der Waals surface area contributed by atoms with E-state index in [9.17, 15) is 9.59 Å². The van der Waals surface area contributed by atoms with Gasteiger partial charge in [-0.25, -0.2) is 4.79 Å². The first-order valence-electron chi connectivity index (χ1n) is 9.11. The molecule has 7 nitrogen and oxygen atoms in total.